The van der Waals surface area contributed by atoms with Crippen LogP contribution in [0.2, 0.25) is 0 Å². The van der Waals surface area contributed by atoms with Gasteiger partial charge in [0, 0.05) is 31.5 Å². The fraction of sp³-hybridized carbons (Fsp3) is 0.444. The highest BCUT2D eigenvalue weighted by Crippen LogP contribution is 2.28. The molecule has 1 saturated carbocycles. The number of nitrogens with zero attached hydrogens (tertiary/aromatic N) is 3. The van der Waals surface area contributed by atoms with Crippen molar-refractivity contribution in [3.8, 4) is 0 Å². The zero-order valence-electron chi connectivity index (χ0n) is 14.2. The summed E-state index contributed by atoms with van der Waals surface area (Å²) in [6.07, 6.45) is 6.33. The van der Waals surface area contributed by atoms with Crippen LogP contribution in [0, 0.1) is 11.6 Å². The van der Waals surface area contributed by atoms with Gasteiger partial charge in [-0.15, -0.1) is 0 Å². The molecule has 1 aliphatic carbocycles. The molecule has 0 unspecified atom stereocenters. The molecule has 25 heavy (non-hydrogen) atoms. The number of rotatable bonds is 7. The Morgan fingerprint density at radius 1 is 1.36 bits per heavy atom. The molecule has 2 aromatic rings. The van der Waals surface area contributed by atoms with Gasteiger partial charge in [0.2, 0.25) is 0 Å². The van der Waals surface area contributed by atoms with E-state index < -0.39 is 11.6 Å². The van der Waals surface area contributed by atoms with E-state index in [1.165, 1.54) is 6.07 Å². The molecule has 1 heterocycles. The van der Waals surface area contributed by atoms with Crippen LogP contribution in [0.1, 0.15) is 37.6 Å². The van der Waals surface area contributed by atoms with Gasteiger partial charge in [-0.05, 0) is 37.0 Å². The van der Waals surface area contributed by atoms with Crippen LogP contribution >= 0.6 is 0 Å². The Hall–Kier alpha value is -2.44. The predicted molar refractivity (Wildman–Crippen MR) is 89.9 cm³/mol. The van der Waals surface area contributed by atoms with Crippen LogP contribution < -0.4 is 5.32 Å². The SMILES string of the molecule is CCCNC(=O)N(Cc1nccn1Cc1ccc(F)c(F)c1)C1CC1. The van der Waals surface area contributed by atoms with Gasteiger partial charge in [0.05, 0.1) is 6.54 Å². The zero-order chi connectivity index (χ0) is 17.8. The van der Waals surface area contributed by atoms with Crippen molar-refractivity contribution in [2.75, 3.05) is 6.54 Å². The number of carbonyl (C=O) groups is 1. The highest BCUT2D eigenvalue weighted by Gasteiger charge is 2.33. The number of hydrogen-bond acceptors (Lipinski definition) is 2. The first-order valence-corrected chi connectivity index (χ1v) is 8.57. The summed E-state index contributed by atoms with van der Waals surface area (Å²) < 4.78 is 28.3. The summed E-state index contributed by atoms with van der Waals surface area (Å²) in [4.78, 5) is 18.5. The number of nitrogens with one attached hydrogen (secondary N) is 1. The van der Waals surface area contributed by atoms with Crippen molar-refractivity contribution in [2.45, 2.75) is 45.3 Å². The van der Waals surface area contributed by atoms with Crippen LogP contribution in [0.4, 0.5) is 13.6 Å². The minimum atomic E-state index is -0.863. The Labute approximate surface area is 145 Å². The number of halogens is 2. The lowest BCUT2D eigenvalue weighted by atomic mass is 10.2. The lowest BCUT2D eigenvalue weighted by molar-refractivity contribution is 0.190. The van der Waals surface area contributed by atoms with E-state index >= 15 is 0 Å². The lowest BCUT2D eigenvalue weighted by Gasteiger charge is -2.23. The van der Waals surface area contributed by atoms with E-state index in [2.05, 4.69) is 10.3 Å². The molecule has 7 heteroatoms. The Morgan fingerprint density at radius 2 is 2.16 bits per heavy atom. The van der Waals surface area contributed by atoms with Crippen molar-refractivity contribution in [3.63, 3.8) is 0 Å². The smallest absolute Gasteiger partial charge is 0.318 e. The molecule has 3 rings (SSSR count). The number of urea groups is 1. The molecule has 1 aromatic heterocycles. The third-order valence-electron chi connectivity index (χ3n) is 4.23. The third kappa shape index (κ3) is 4.35. The quantitative estimate of drug-likeness (QED) is 0.835. The number of imidazole rings is 1. The molecule has 0 atom stereocenters. The maximum absolute atomic E-state index is 13.4. The average molecular weight is 348 g/mol. The number of amides is 2. The molecule has 1 aliphatic rings. The molecule has 0 spiro atoms. The van der Waals surface area contributed by atoms with E-state index in [9.17, 15) is 13.6 Å². The van der Waals surface area contributed by atoms with Crippen LogP contribution in [0.5, 0.6) is 0 Å². The van der Waals surface area contributed by atoms with Crippen molar-refractivity contribution < 1.29 is 13.6 Å². The van der Waals surface area contributed by atoms with Crippen molar-refractivity contribution in [3.05, 3.63) is 53.6 Å². The van der Waals surface area contributed by atoms with E-state index in [1.54, 1.807) is 23.4 Å². The van der Waals surface area contributed by atoms with Crippen molar-refractivity contribution in [1.82, 2.24) is 19.8 Å². The first-order chi connectivity index (χ1) is 12.1. The summed E-state index contributed by atoms with van der Waals surface area (Å²) in [5.74, 6) is -0.997. The second-order valence-electron chi connectivity index (χ2n) is 6.31. The van der Waals surface area contributed by atoms with Crippen LogP contribution in [-0.4, -0.2) is 33.1 Å². The Morgan fingerprint density at radius 3 is 2.84 bits per heavy atom. The van der Waals surface area contributed by atoms with Gasteiger partial charge in [-0.25, -0.2) is 18.6 Å². The molecule has 2 amide bonds. The molecule has 1 fully saturated rings. The lowest BCUT2D eigenvalue weighted by Crippen LogP contribution is -2.41. The highest BCUT2D eigenvalue weighted by atomic mass is 19.2. The van der Waals surface area contributed by atoms with Crippen LogP contribution in [0.25, 0.3) is 0 Å². The molecule has 0 bridgehead atoms. The molecule has 134 valence electrons. The molecule has 0 saturated heterocycles. The molecular weight excluding hydrogens is 326 g/mol. The van der Waals surface area contributed by atoms with Gasteiger partial charge in [-0.1, -0.05) is 13.0 Å². The molecule has 1 aromatic carbocycles. The van der Waals surface area contributed by atoms with Crippen LogP contribution in [0.3, 0.4) is 0 Å². The highest BCUT2D eigenvalue weighted by molar-refractivity contribution is 5.74. The van der Waals surface area contributed by atoms with E-state index in [-0.39, 0.29) is 12.1 Å². The van der Waals surface area contributed by atoms with Crippen molar-refractivity contribution >= 4 is 6.03 Å². The largest absolute Gasteiger partial charge is 0.338 e. The fourth-order valence-electron chi connectivity index (χ4n) is 2.71. The molecule has 0 radical (unpaired) electrons. The van der Waals surface area contributed by atoms with Gasteiger partial charge in [0.25, 0.3) is 0 Å². The normalized spacial score (nSPS) is 13.7. The number of aromatic nitrogens is 2. The van der Waals surface area contributed by atoms with E-state index in [1.807, 2.05) is 11.5 Å². The zero-order valence-corrected chi connectivity index (χ0v) is 14.2. The number of hydrogen-bond donors (Lipinski definition) is 1. The maximum Gasteiger partial charge on any atom is 0.318 e. The van der Waals surface area contributed by atoms with E-state index in [4.69, 9.17) is 0 Å². The summed E-state index contributed by atoms with van der Waals surface area (Å²) in [5, 5.41) is 2.91. The monoisotopic (exact) mass is 348 g/mol. The summed E-state index contributed by atoms with van der Waals surface area (Å²) >= 11 is 0. The maximum atomic E-state index is 13.4. The first-order valence-electron chi connectivity index (χ1n) is 8.57. The van der Waals surface area contributed by atoms with Gasteiger partial charge < -0.3 is 14.8 Å². The van der Waals surface area contributed by atoms with Gasteiger partial charge in [-0.3, -0.25) is 0 Å². The Bertz CT molecular complexity index is 742. The Balaban J connectivity index is 1.71. The molecular formula is C18H22F2N4O. The summed E-state index contributed by atoms with van der Waals surface area (Å²) in [5.41, 5.74) is 0.645. The third-order valence-corrected chi connectivity index (χ3v) is 4.23. The second-order valence-corrected chi connectivity index (χ2v) is 6.31. The average Bonchev–Trinajstić information content (AvgIpc) is 3.35. The summed E-state index contributed by atoms with van der Waals surface area (Å²) in [7, 11) is 0. The van der Waals surface area contributed by atoms with Gasteiger partial charge in [0.1, 0.15) is 5.82 Å². The Kier molecular flexibility index (Phi) is 5.31. The predicted octanol–water partition coefficient (Wildman–Crippen LogP) is 3.29. The van der Waals surface area contributed by atoms with Gasteiger partial charge >= 0.3 is 6.03 Å². The van der Waals surface area contributed by atoms with E-state index in [0.29, 0.717) is 25.2 Å². The van der Waals surface area contributed by atoms with Crippen molar-refractivity contribution in [2.24, 2.45) is 0 Å². The van der Waals surface area contributed by atoms with E-state index in [0.717, 1.165) is 31.2 Å². The van der Waals surface area contributed by atoms with Crippen LogP contribution in [0.15, 0.2) is 30.6 Å². The molecule has 5 nitrogen and oxygen atoms in total. The molecule has 0 aliphatic heterocycles. The molecule has 1 N–H and O–H groups in total. The standard InChI is InChI=1S/C18H22F2N4O/c1-2-7-22-18(25)24(14-4-5-14)12-17-21-8-9-23(17)11-13-3-6-15(19)16(20)10-13/h3,6,8-10,14H,2,4-5,7,11-12H2,1H3,(H,22,25). The fourth-order valence-corrected chi connectivity index (χ4v) is 2.71. The first kappa shape index (κ1) is 17.4. The number of carbonyl (C=O) groups excluding carboxylic acids is 1. The number of benzene rings is 1. The van der Waals surface area contributed by atoms with Gasteiger partial charge in [0.15, 0.2) is 11.6 Å². The minimum Gasteiger partial charge on any atom is -0.338 e. The second kappa shape index (κ2) is 7.63. The van der Waals surface area contributed by atoms with Crippen molar-refractivity contribution in [1.29, 1.82) is 0 Å². The minimum absolute atomic E-state index is 0.0771. The van der Waals surface area contributed by atoms with Crippen LogP contribution in [-0.2, 0) is 13.1 Å². The summed E-state index contributed by atoms with van der Waals surface area (Å²) in [6, 6.07) is 4.04. The summed E-state index contributed by atoms with van der Waals surface area (Å²) in [6.45, 7) is 3.43. The topological polar surface area (TPSA) is 50.2 Å². The van der Waals surface area contributed by atoms with Gasteiger partial charge in [-0.2, -0.15) is 0 Å².